The molecule has 0 radical (unpaired) electrons. The second-order valence-corrected chi connectivity index (χ2v) is 2.10. The number of hydrogen-bond acceptors (Lipinski definition) is 3. The smallest absolute Gasteiger partial charge is 0.434 e. The van der Waals surface area contributed by atoms with Crippen molar-refractivity contribution in [3.05, 3.63) is 30.3 Å². The van der Waals surface area contributed by atoms with E-state index in [9.17, 15) is 4.79 Å². The monoisotopic (exact) mass is 196 g/mol. The summed E-state index contributed by atoms with van der Waals surface area (Å²) in [7, 11) is 0. The second kappa shape index (κ2) is 8.10. The lowest BCUT2D eigenvalue weighted by Crippen LogP contribution is -2.09. The molecule has 14 heavy (non-hydrogen) atoms. The summed E-state index contributed by atoms with van der Waals surface area (Å²) in [5.41, 5.74) is 0. The lowest BCUT2D eigenvalue weighted by atomic mass is 10.3. The van der Waals surface area contributed by atoms with Gasteiger partial charge in [-0.05, 0) is 19.1 Å². The quantitative estimate of drug-likeness (QED) is 0.538. The maximum atomic E-state index is 10.8. The topological polar surface area (TPSA) is 35.5 Å². The summed E-state index contributed by atoms with van der Waals surface area (Å²) in [6.07, 6.45) is -0.663. The number of rotatable bonds is 2. The van der Waals surface area contributed by atoms with Crippen LogP contribution in [0.1, 0.15) is 20.8 Å². The molecule has 0 aliphatic rings. The maximum Gasteiger partial charge on any atom is 0.513 e. The van der Waals surface area contributed by atoms with Gasteiger partial charge in [-0.2, -0.15) is 0 Å². The Morgan fingerprint density at radius 1 is 1.21 bits per heavy atom. The molecule has 0 spiro atoms. The molecule has 0 amide bonds. The minimum atomic E-state index is -0.663. The first kappa shape index (κ1) is 12.5. The highest BCUT2D eigenvalue weighted by molar-refractivity contribution is 5.63. The van der Waals surface area contributed by atoms with Crippen LogP contribution in [0, 0.1) is 0 Å². The van der Waals surface area contributed by atoms with E-state index >= 15 is 0 Å². The minimum absolute atomic E-state index is 0.325. The van der Waals surface area contributed by atoms with Crippen LogP contribution in [0.25, 0.3) is 0 Å². The predicted molar refractivity (Wildman–Crippen MR) is 55.4 cm³/mol. The molecule has 0 N–H and O–H groups in total. The lowest BCUT2D eigenvalue weighted by Gasteiger charge is -2.02. The molecule has 0 atom stereocenters. The van der Waals surface area contributed by atoms with Crippen molar-refractivity contribution in [3.8, 4) is 5.75 Å². The normalized spacial score (nSPS) is 8.21. The molecular formula is C11H16O3. The molecule has 3 nitrogen and oxygen atoms in total. The molecule has 0 heterocycles. The predicted octanol–water partition coefficient (Wildman–Crippen LogP) is 3.25. The van der Waals surface area contributed by atoms with E-state index in [1.807, 2.05) is 19.9 Å². The molecule has 0 aromatic heterocycles. The molecule has 0 aliphatic carbocycles. The van der Waals surface area contributed by atoms with Crippen molar-refractivity contribution >= 4 is 6.16 Å². The molecule has 3 heteroatoms. The molecule has 0 bridgehead atoms. The van der Waals surface area contributed by atoms with Gasteiger partial charge in [0.15, 0.2) is 0 Å². The van der Waals surface area contributed by atoms with Crippen molar-refractivity contribution in [1.82, 2.24) is 0 Å². The zero-order valence-electron chi connectivity index (χ0n) is 8.82. The summed E-state index contributed by atoms with van der Waals surface area (Å²) in [4.78, 5) is 10.8. The van der Waals surface area contributed by atoms with Crippen molar-refractivity contribution in [2.24, 2.45) is 0 Å². The molecule has 0 unspecified atom stereocenters. The average molecular weight is 196 g/mol. The Bertz CT molecular complexity index is 244. The number of carbonyl (C=O) groups excluding carboxylic acids is 1. The Kier molecular flexibility index (Phi) is 7.23. The van der Waals surface area contributed by atoms with E-state index in [0.29, 0.717) is 12.4 Å². The molecule has 1 aromatic rings. The highest BCUT2D eigenvalue weighted by Crippen LogP contribution is 2.08. The fourth-order valence-electron chi connectivity index (χ4n) is 0.732. The first-order valence-corrected chi connectivity index (χ1v) is 4.72. The summed E-state index contributed by atoms with van der Waals surface area (Å²) in [6.45, 7) is 6.05. The molecule has 1 rings (SSSR count). The number of carbonyl (C=O) groups is 1. The fourth-order valence-corrected chi connectivity index (χ4v) is 0.732. The number of hydrogen-bond donors (Lipinski definition) is 0. The third-order valence-electron chi connectivity index (χ3n) is 1.21. The van der Waals surface area contributed by atoms with Crippen molar-refractivity contribution in [3.63, 3.8) is 0 Å². The van der Waals surface area contributed by atoms with Gasteiger partial charge in [-0.1, -0.05) is 32.0 Å². The minimum Gasteiger partial charge on any atom is -0.434 e. The van der Waals surface area contributed by atoms with Crippen molar-refractivity contribution in [1.29, 1.82) is 0 Å². The molecule has 0 saturated heterocycles. The van der Waals surface area contributed by atoms with Crippen molar-refractivity contribution in [2.45, 2.75) is 20.8 Å². The van der Waals surface area contributed by atoms with E-state index < -0.39 is 6.16 Å². The molecule has 0 aliphatic heterocycles. The van der Waals surface area contributed by atoms with Crippen LogP contribution in [-0.4, -0.2) is 12.8 Å². The van der Waals surface area contributed by atoms with Gasteiger partial charge >= 0.3 is 6.16 Å². The van der Waals surface area contributed by atoms with Crippen LogP contribution in [0.3, 0.4) is 0 Å². The number of benzene rings is 1. The molecular weight excluding hydrogens is 180 g/mol. The average Bonchev–Trinajstić information content (AvgIpc) is 2.22. The largest absolute Gasteiger partial charge is 0.513 e. The Morgan fingerprint density at radius 3 is 2.29 bits per heavy atom. The standard InChI is InChI=1S/C9H10O3.C2H6/c1-2-11-9(10)12-8-6-4-3-5-7-8;1-2/h3-7H,2H2,1H3;1-2H3. The van der Waals surface area contributed by atoms with E-state index in [1.165, 1.54) is 0 Å². The Morgan fingerprint density at radius 2 is 1.79 bits per heavy atom. The Labute approximate surface area is 84.7 Å². The van der Waals surface area contributed by atoms with Gasteiger partial charge in [-0.15, -0.1) is 0 Å². The van der Waals surface area contributed by atoms with Crippen LogP contribution in [0.5, 0.6) is 5.75 Å². The molecule has 0 saturated carbocycles. The van der Waals surface area contributed by atoms with E-state index in [0.717, 1.165) is 0 Å². The Hall–Kier alpha value is -1.51. The number of para-hydroxylation sites is 1. The van der Waals surface area contributed by atoms with Crippen LogP contribution in [0.2, 0.25) is 0 Å². The third-order valence-corrected chi connectivity index (χ3v) is 1.21. The summed E-state index contributed by atoms with van der Waals surface area (Å²) in [6, 6.07) is 8.80. The second-order valence-electron chi connectivity index (χ2n) is 2.10. The van der Waals surface area contributed by atoms with Crippen LogP contribution >= 0.6 is 0 Å². The molecule has 78 valence electrons. The van der Waals surface area contributed by atoms with Crippen LogP contribution in [0.15, 0.2) is 30.3 Å². The van der Waals surface area contributed by atoms with Gasteiger partial charge in [-0.25, -0.2) is 4.79 Å². The first-order chi connectivity index (χ1) is 6.83. The highest BCUT2D eigenvalue weighted by Gasteiger charge is 2.02. The fraction of sp³-hybridized carbons (Fsp3) is 0.364. The van der Waals surface area contributed by atoms with Gasteiger partial charge in [0, 0.05) is 0 Å². The summed E-state index contributed by atoms with van der Waals surface area (Å²) in [5.74, 6) is 0.496. The van der Waals surface area contributed by atoms with Crippen molar-refractivity contribution < 1.29 is 14.3 Å². The van der Waals surface area contributed by atoms with Gasteiger partial charge in [0.2, 0.25) is 0 Å². The van der Waals surface area contributed by atoms with Crippen LogP contribution < -0.4 is 4.74 Å². The summed E-state index contributed by atoms with van der Waals surface area (Å²) < 4.78 is 9.38. The number of ether oxygens (including phenoxy) is 2. The zero-order chi connectivity index (χ0) is 10.8. The van der Waals surface area contributed by atoms with E-state index in [2.05, 4.69) is 4.74 Å². The van der Waals surface area contributed by atoms with E-state index in [4.69, 9.17) is 4.74 Å². The SMILES string of the molecule is CC.CCOC(=O)Oc1ccccc1. The van der Waals surface area contributed by atoms with E-state index in [1.54, 1.807) is 31.2 Å². The highest BCUT2D eigenvalue weighted by atomic mass is 16.7. The van der Waals surface area contributed by atoms with Gasteiger partial charge in [0.25, 0.3) is 0 Å². The zero-order valence-corrected chi connectivity index (χ0v) is 8.82. The van der Waals surface area contributed by atoms with Gasteiger partial charge in [0.1, 0.15) is 5.75 Å². The van der Waals surface area contributed by atoms with Gasteiger partial charge in [0.05, 0.1) is 6.61 Å². The van der Waals surface area contributed by atoms with Gasteiger partial charge < -0.3 is 9.47 Å². The lowest BCUT2D eigenvalue weighted by molar-refractivity contribution is 0.104. The maximum absolute atomic E-state index is 10.8. The Balaban J connectivity index is 0.000000791. The summed E-state index contributed by atoms with van der Waals surface area (Å²) >= 11 is 0. The van der Waals surface area contributed by atoms with Crippen LogP contribution in [-0.2, 0) is 4.74 Å². The molecule has 0 fully saturated rings. The van der Waals surface area contributed by atoms with E-state index in [-0.39, 0.29) is 0 Å². The van der Waals surface area contributed by atoms with Gasteiger partial charge in [-0.3, -0.25) is 0 Å². The summed E-state index contributed by atoms with van der Waals surface area (Å²) in [5, 5.41) is 0. The third kappa shape index (κ3) is 5.19. The van der Waals surface area contributed by atoms with Crippen molar-refractivity contribution in [2.75, 3.05) is 6.61 Å². The van der Waals surface area contributed by atoms with Crippen LogP contribution in [0.4, 0.5) is 4.79 Å². The molecule has 1 aromatic carbocycles. The first-order valence-electron chi connectivity index (χ1n) is 4.72.